The molecule has 0 aliphatic carbocycles. The first kappa shape index (κ1) is 16.8. The standard InChI is InChI=1S/C18H16Cl2N2O2/c1-2-3-17-21-22-18(24-17)13-5-7-14(8-6-13)23-11-12-4-9-15(19)16(20)10-12/h4-10H,2-3,11H2,1H3. The first-order valence-corrected chi connectivity index (χ1v) is 8.41. The van der Waals surface area contributed by atoms with Crippen molar-refractivity contribution in [3.8, 4) is 17.2 Å². The highest BCUT2D eigenvalue weighted by Gasteiger charge is 2.08. The first-order valence-electron chi connectivity index (χ1n) is 7.65. The van der Waals surface area contributed by atoms with Crippen molar-refractivity contribution < 1.29 is 9.15 Å². The smallest absolute Gasteiger partial charge is 0.247 e. The topological polar surface area (TPSA) is 48.2 Å². The summed E-state index contributed by atoms with van der Waals surface area (Å²) in [4.78, 5) is 0. The molecule has 0 fully saturated rings. The van der Waals surface area contributed by atoms with Gasteiger partial charge in [-0.2, -0.15) is 0 Å². The van der Waals surface area contributed by atoms with Gasteiger partial charge in [0.15, 0.2) is 0 Å². The monoisotopic (exact) mass is 362 g/mol. The lowest BCUT2D eigenvalue weighted by atomic mass is 10.2. The Balaban J connectivity index is 1.64. The lowest BCUT2D eigenvalue weighted by Crippen LogP contribution is -1.95. The van der Waals surface area contributed by atoms with Crippen molar-refractivity contribution >= 4 is 23.2 Å². The second-order valence-corrected chi connectivity index (χ2v) is 6.13. The number of benzene rings is 2. The van der Waals surface area contributed by atoms with Gasteiger partial charge in [-0.1, -0.05) is 36.2 Å². The molecule has 3 aromatic rings. The maximum atomic E-state index is 6.00. The molecule has 1 aromatic heterocycles. The minimum absolute atomic E-state index is 0.414. The summed E-state index contributed by atoms with van der Waals surface area (Å²) in [7, 11) is 0. The van der Waals surface area contributed by atoms with Crippen LogP contribution in [-0.4, -0.2) is 10.2 Å². The van der Waals surface area contributed by atoms with Crippen molar-refractivity contribution in [2.45, 2.75) is 26.4 Å². The second kappa shape index (κ2) is 7.69. The lowest BCUT2D eigenvalue weighted by Gasteiger charge is -2.07. The molecule has 0 spiro atoms. The largest absolute Gasteiger partial charge is 0.489 e. The Hall–Kier alpha value is -2.04. The molecule has 24 heavy (non-hydrogen) atoms. The van der Waals surface area contributed by atoms with Crippen LogP contribution >= 0.6 is 23.2 Å². The molecule has 0 radical (unpaired) electrons. The summed E-state index contributed by atoms with van der Waals surface area (Å²) in [6.45, 7) is 2.49. The van der Waals surface area contributed by atoms with Crippen LogP contribution in [0.15, 0.2) is 46.9 Å². The van der Waals surface area contributed by atoms with E-state index in [4.69, 9.17) is 32.4 Å². The van der Waals surface area contributed by atoms with Gasteiger partial charge in [0.1, 0.15) is 12.4 Å². The molecule has 0 saturated heterocycles. The quantitative estimate of drug-likeness (QED) is 0.574. The number of hydrogen-bond acceptors (Lipinski definition) is 4. The summed E-state index contributed by atoms with van der Waals surface area (Å²) in [6, 6.07) is 13.0. The maximum absolute atomic E-state index is 6.00. The van der Waals surface area contributed by atoms with Crippen molar-refractivity contribution in [3.05, 3.63) is 64.0 Å². The van der Waals surface area contributed by atoms with E-state index in [-0.39, 0.29) is 0 Å². The van der Waals surface area contributed by atoms with Gasteiger partial charge in [0.05, 0.1) is 10.0 Å². The maximum Gasteiger partial charge on any atom is 0.247 e. The number of hydrogen-bond donors (Lipinski definition) is 0. The van der Waals surface area contributed by atoms with Crippen LogP contribution in [0, 0.1) is 0 Å². The molecule has 124 valence electrons. The van der Waals surface area contributed by atoms with Crippen LogP contribution in [0.5, 0.6) is 5.75 Å². The second-order valence-electron chi connectivity index (χ2n) is 5.31. The number of nitrogens with zero attached hydrogens (tertiary/aromatic N) is 2. The minimum Gasteiger partial charge on any atom is -0.489 e. The summed E-state index contributed by atoms with van der Waals surface area (Å²) >= 11 is 11.9. The van der Waals surface area contributed by atoms with Crippen LogP contribution in [0.3, 0.4) is 0 Å². The zero-order valence-electron chi connectivity index (χ0n) is 13.1. The van der Waals surface area contributed by atoms with Crippen molar-refractivity contribution in [2.75, 3.05) is 0 Å². The zero-order valence-corrected chi connectivity index (χ0v) is 14.6. The number of aryl methyl sites for hydroxylation is 1. The highest BCUT2D eigenvalue weighted by atomic mass is 35.5. The molecule has 1 heterocycles. The highest BCUT2D eigenvalue weighted by molar-refractivity contribution is 6.42. The van der Waals surface area contributed by atoms with Gasteiger partial charge in [0.25, 0.3) is 0 Å². The molecular weight excluding hydrogens is 347 g/mol. The van der Waals surface area contributed by atoms with E-state index < -0.39 is 0 Å². The zero-order chi connectivity index (χ0) is 16.9. The molecule has 6 heteroatoms. The average Bonchev–Trinajstić information content (AvgIpc) is 3.05. The molecule has 0 saturated carbocycles. The van der Waals surface area contributed by atoms with Crippen LogP contribution in [0.4, 0.5) is 0 Å². The van der Waals surface area contributed by atoms with Gasteiger partial charge < -0.3 is 9.15 Å². The first-order chi connectivity index (χ1) is 11.7. The van der Waals surface area contributed by atoms with Gasteiger partial charge in [-0.25, -0.2) is 0 Å². The third-order valence-electron chi connectivity index (χ3n) is 3.42. The molecule has 4 nitrogen and oxygen atoms in total. The fourth-order valence-corrected chi connectivity index (χ4v) is 2.50. The summed E-state index contributed by atoms with van der Waals surface area (Å²) in [5.41, 5.74) is 1.82. The Bertz CT molecular complexity index is 816. The van der Waals surface area contributed by atoms with Gasteiger partial charge in [-0.05, 0) is 48.4 Å². The van der Waals surface area contributed by atoms with E-state index in [2.05, 4.69) is 17.1 Å². The van der Waals surface area contributed by atoms with Crippen LogP contribution in [0.2, 0.25) is 10.0 Å². The number of ether oxygens (including phenoxy) is 1. The molecule has 0 bridgehead atoms. The van der Waals surface area contributed by atoms with Gasteiger partial charge in [-0.3, -0.25) is 0 Å². The van der Waals surface area contributed by atoms with Crippen molar-refractivity contribution in [2.24, 2.45) is 0 Å². The Kier molecular flexibility index (Phi) is 5.38. The van der Waals surface area contributed by atoms with E-state index in [0.29, 0.717) is 28.4 Å². The SMILES string of the molecule is CCCc1nnc(-c2ccc(OCc3ccc(Cl)c(Cl)c3)cc2)o1. The molecule has 0 aliphatic rings. The summed E-state index contributed by atoms with van der Waals surface area (Å²) in [5, 5.41) is 9.14. The lowest BCUT2D eigenvalue weighted by molar-refractivity contribution is 0.306. The van der Waals surface area contributed by atoms with Crippen LogP contribution in [0.1, 0.15) is 24.8 Å². The van der Waals surface area contributed by atoms with Crippen LogP contribution in [0.25, 0.3) is 11.5 Å². The van der Waals surface area contributed by atoms with Gasteiger partial charge in [-0.15, -0.1) is 10.2 Å². The molecular formula is C18H16Cl2N2O2. The van der Waals surface area contributed by atoms with Gasteiger partial charge >= 0.3 is 0 Å². The molecule has 3 rings (SSSR count). The van der Waals surface area contributed by atoms with E-state index in [1.54, 1.807) is 12.1 Å². The summed E-state index contributed by atoms with van der Waals surface area (Å²) in [6.07, 6.45) is 1.76. The minimum atomic E-state index is 0.414. The Morgan fingerprint density at radius 3 is 2.50 bits per heavy atom. The molecule has 0 aliphatic heterocycles. The molecule has 0 atom stereocenters. The average molecular weight is 363 g/mol. The van der Waals surface area contributed by atoms with Crippen molar-refractivity contribution in [3.63, 3.8) is 0 Å². The van der Waals surface area contributed by atoms with E-state index in [9.17, 15) is 0 Å². The summed E-state index contributed by atoms with van der Waals surface area (Å²) < 4.78 is 11.4. The predicted molar refractivity (Wildman–Crippen MR) is 94.5 cm³/mol. The van der Waals surface area contributed by atoms with E-state index in [1.165, 1.54) is 0 Å². The third kappa shape index (κ3) is 4.08. The highest BCUT2D eigenvalue weighted by Crippen LogP contribution is 2.25. The number of halogens is 2. The normalized spacial score (nSPS) is 10.8. The van der Waals surface area contributed by atoms with E-state index in [0.717, 1.165) is 29.7 Å². The molecule has 0 amide bonds. The van der Waals surface area contributed by atoms with E-state index >= 15 is 0 Å². The van der Waals surface area contributed by atoms with Crippen molar-refractivity contribution in [1.29, 1.82) is 0 Å². The summed E-state index contributed by atoms with van der Waals surface area (Å²) in [5.74, 6) is 1.93. The Morgan fingerprint density at radius 2 is 1.79 bits per heavy atom. The van der Waals surface area contributed by atoms with Crippen LogP contribution in [-0.2, 0) is 13.0 Å². The van der Waals surface area contributed by atoms with Gasteiger partial charge in [0, 0.05) is 12.0 Å². The molecule has 0 unspecified atom stereocenters. The third-order valence-corrected chi connectivity index (χ3v) is 4.16. The Morgan fingerprint density at radius 1 is 1.00 bits per heavy atom. The van der Waals surface area contributed by atoms with Crippen LogP contribution < -0.4 is 4.74 Å². The molecule has 0 N–H and O–H groups in total. The number of aromatic nitrogens is 2. The Labute approximate surface area is 150 Å². The predicted octanol–water partition coefficient (Wildman–Crippen LogP) is 5.57. The number of rotatable bonds is 6. The molecule has 2 aromatic carbocycles. The fraction of sp³-hybridized carbons (Fsp3) is 0.222. The van der Waals surface area contributed by atoms with E-state index in [1.807, 2.05) is 30.3 Å². The van der Waals surface area contributed by atoms with Gasteiger partial charge in [0.2, 0.25) is 11.8 Å². The fourth-order valence-electron chi connectivity index (χ4n) is 2.17. The van der Waals surface area contributed by atoms with Crippen molar-refractivity contribution in [1.82, 2.24) is 10.2 Å².